The first-order valence-corrected chi connectivity index (χ1v) is 7.72. The summed E-state index contributed by atoms with van der Waals surface area (Å²) in [6.45, 7) is 5.84. The number of thioether (sulfide) groups is 1. The molecule has 0 unspecified atom stereocenters. The molecular formula is C15H22N2O2S. The summed E-state index contributed by atoms with van der Waals surface area (Å²) < 4.78 is 0. The molecule has 0 radical (unpaired) electrons. The van der Waals surface area contributed by atoms with Gasteiger partial charge in [0.15, 0.2) is 0 Å². The predicted octanol–water partition coefficient (Wildman–Crippen LogP) is 2.06. The van der Waals surface area contributed by atoms with Crippen LogP contribution in [0.2, 0.25) is 0 Å². The van der Waals surface area contributed by atoms with Gasteiger partial charge in [0.25, 0.3) is 0 Å². The molecule has 0 aromatic heterocycles. The van der Waals surface area contributed by atoms with E-state index in [1.165, 1.54) is 11.8 Å². The molecule has 1 rings (SSSR count). The van der Waals surface area contributed by atoms with Crippen molar-refractivity contribution in [3.63, 3.8) is 0 Å². The summed E-state index contributed by atoms with van der Waals surface area (Å²) in [6, 6.07) is 9.58. The molecule has 0 saturated heterocycles. The minimum absolute atomic E-state index is 0.0701. The number of hydrogen-bond donors (Lipinski definition) is 2. The van der Waals surface area contributed by atoms with Gasteiger partial charge in [0.1, 0.15) is 6.04 Å². The van der Waals surface area contributed by atoms with Crippen molar-refractivity contribution in [3.8, 4) is 0 Å². The fourth-order valence-corrected chi connectivity index (χ4v) is 2.51. The molecule has 1 atom stereocenters. The van der Waals surface area contributed by atoms with Gasteiger partial charge in [-0.2, -0.15) is 0 Å². The van der Waals surface area contributed by atoms with E-state index in [1.54, 1.807) is 11.8 Å². The Morgan fingerprint density at radius 2 is 1.85 bits per heavy atom. The lowest BCUT2D eigenvalue weighted by Gasteiger charge is -2.20. The van der Waals surface area contributed by atoms with Gasteiger partial charge in [0, 0.05) is 24.1 Å². The van der Waals surface area contributed by atoms with E-state index in [2.05, 4.69) is 10.6 Å². The minimum Gasteiger partial charge on any atom is -0.353 e. The fraction of sp³-hybridized carbons (Fsp3) is 0.467. The number of rotatable bonds is 7. The largest absolute Gasteiger partial charge is 0.353 e. The summed E-state index contributed by atoms with van der Waals surface area (Å²) in [6.07, 6.45) is 0. The van der Waals surface area contributed by atoms with Crippen molar-refractivity contribution < 1.29 is 9.59 Å². The Morgan fingerprint density at radius 1 is 1.20 bits per heavy atom. The second-order valence-corrected chi connectivity index (χ2v) is 6.04. The van der Waals surface area contributed by atoms with Crippen molar-refractivity contribution in [2.24, 2.45) is 5.92 Å². The van der Waals surface area contributed by atoms with Crippen molar-refractivity contribution in [3.05, 3.63) is 30.3 Å². The number of amides is 2. The first-order valence-electron chi connectivity index (χ1n) is 6.73. The van der Waals surface area contributed by atoms with Crippen LogP contribution < -0.4 is 10.6 Å². The maximum absolute atomic E-state index is 12.0. The summed E-state index contributed by atoms with van der Waals surface area (Å²) in [4.78, 5) is 24.3. The van der Waals surface area contributed by atoms with E-state index in [-0.39, 0.29) is 17.7 Å². The molecule has 1 aromatic rings. The monoisotopic (exact) mass is 294 g/mol. The third-order valence-electron chi connectivity index (χ3n) is 2.72. The Morgan fingerprint density at radius 3 is 2.40 bits per heavy atom. The molecular weight excluding hydrogens is 272 g/mol. The molecule has 5 heteroatoms. The maximum Gasteiger partial charge on any atom is 0.242 e. The Kier molecular flexibility index (Phi) is 7.15. The second kappa shape index (κ2) is 8.64. The average Bonchev–Trinajstić information content (AvgIpc) is 2.41. The van der Waals surface area contributed by atoms with Gasteiger partial charge >= 0.3 is 0 Å². The predicted molar refractivity (Wildman–Crippen MR) is 82.6 cm³/mol. The lowest BCUT2D eigenvalue weighted by Crippen LogP contribution is -2.49. The van der Waals surface area contributed by atoms with Gasteiger partial charge in [0.05, 0.1) is 0 Å². The van der Waals surface area contributed by atoms with Crippen molar-refractivity contribution in [2.45, 2.75) is 31.7 Å². The van der Waals surface area contributed by atoms with E-state index < -0.39 is 6.04 Å². The Labute approximate surface area is 124 Å². The molecule has 4 nitrogen and oxygen atoms in total. The van der Waals surface area contributed by atoms with Gasteiger partial charge in [-0.1, -0.05) is 32.0 Å². The summed E-state index contributed by atoms with van der Waals surface area (Å²) in [5.41, 5.74) is 0. The highest BCUT2D eigenvalue weighted by atomic mass is 32.2. The van der Waals surface area contributed by atoms with Gasteiger partial charge in [0.2, 0.25) is 11.8 Å². The van der Waals surface area contributed by atoms with Crippen LogP contribution in [-0.2, 0) is 9.59 Å². The van der Waals surface area contributed by atoms with E-state index in [9.17, 15) is 9.59 Å². The third-order valence-corrected chi connectivity index (χ3v) is 3.73. The summed E-state index contributed by atoms with van der Waals surface area (Å²) >= 11 is 1.69. The van der Waals surface area contributed by atoms with E-state index in [0.29, 0.717) is 6.54 Å². The molecule has 20 heavy (non-hydrogen) atoms. The zero-order valence-corrected chi connectivity index (χ0v) is 13.0. The van der Waals surface area contributed by atoms with Gasteiger partial charge in [-0.05, 0) is 18.1 Å². The molecule has 1 aromatic carbocycles. The number of benzene rings is 1. The van der Waals surface area contributed by atoms with Gasteiger partial charge in [-0.15, -0.1) is 11.8 Å². The van der Waals surface area contributed by atoms with Crippen molar-refractivity contribution in [1.82, 2.24) is 10.6 Å². The minimum atomic E-state index is -0.464. The van der Waals surface area contributed by atoms with Gasteiger partial charge in [-0.25, -0.2) is 0 Å². The molecule has 2 amide bonds. The fourth-order valence-electron chi connectivity index (χ4n) is 1.72. The number of carbonyl (C=O) groups is 2. The number of nitrogens with one attached hydrogen (secondary N) is 2. The molecule has 0 bridgehead atoms. The van der Waals surface area contributed by atoms with E-state index in [4.69, 9.17) is 0 Å². The van der Waals surface area contributed by atoms with Gasteiger partial charge in [-0.3, -0.25) is 9.59 Å². The molecule has 0 heterocycles. The van der Waals surface area contributed by atoms with E-state index in [0.717, 1.165) is 5.75 Å². The first-order chi connectivity index (χ1) is 9.50. The van der Waals surface area contributed by atoms with Crippen LogP contribution in [-0.4, -0.2) is 30.2 Å². The second-order valence-electron chi connectivity index (χ2n) is 4.87. The van der Waals surface area contributed by atoms with Crippen LogP contribution in [0.5, 0.6) is 0 Å². The summed E-state index contributed by atoms with van der Waals surface area (Å²) in [5.74, 6) is 0.572. The molecule has 0 spiro atoms. The van der Waals surface area contributed by atoms with Crippen molar-refractivity contribution in [2.75, 3.05) is 12.3 Å². The molecule has 0 fully saturated rings. The highest BCUT2D eigenvalue weighted by Gasteiger charge is 2.22. The molecule has 0 aliphatic carbocycles. The van der Waals surface area contributed by atoms with Crippen molar-refractivity contribution in [1.29, 1.82) is 0 Å². The van der Waals surface area contributed by atoms with Crippen LogP contribution in [0.3, 0.4) is 0 Å². The Hall–Kier alpha value is -1.49. The molecule has 110 valence electrons. The molecule has 0 aliphatic heterocycles. The number of hydrogen-bond acceptors (Lipinski definition) is 3. The van der Waals surface area contributed by atoms with Crippen LogP contribution in [0.25, 0.3) is 0 Å². The zero-order chi connectivity index (χ0) is 15.0. The Balaban J connectivity index is 2.32. The summed E-state index contributed by atoms with van der Waals surface area (Å²) in [7, 11) is 0. The average molecular weight is 294 g/mol. The highest BCUT2D eigenvalue weighted by molar-refractivity contribution is 7.99. The summed E-state index contributed by atoms with van der Waals surface area (Å²) in [5, 5.41) is 5.55. The van der Waals surface area contributed by atoms with Crippen molar-refractivity contribution >= 4 is 23.6 Å². The smallest absolute Gasteiger partial charge is 0.242 e. The zero-order valence-electron chi connectivity index (χ0n) is 12.2. The van der Waals surface area contributed by atoms with Gasteiger partial charge < -0.3 is 10.6 Å². The third kappa shape index (κ3) is 6.10. The first kappa shape index (κ1) is 16.6. The quantitative estimate of drug-likeness (QED) is 0.598. The van der Waals surface area contributed by atoms with Crippen LogP contribution in [0, 0.1) is 5.92 Å². The van der Waals surface area contributed by atoms with E-state index >= 15 is 0 Å². The van der Waals surface area contributed by atoms with Crippen LogP contribution >= 0.6 is 11.8 Å². The van der Waals surface area contributed by atoms with E-state index in [1.807, 2.05) is 44.2 Å². The topological polar surface area (TPSA) is 58.2 Å². The maximum atomic E-state index is 12.0. The molecule has 0 saturated carbocycles. The normalized spacial score (nSPS) is 12.0. The SMILES string of the molecule is CC(=O)N[C@H](C(=O)NCCSc1ccccc1)C(C)C. The lowest BCUT2D eigenvalue weighted by atomic mass is 10.0. The Bertz CT molecular complexity index is 435. The standard InChI is InChI=1S/C15H22N2O2S/c1-11(2)14(17-12(3)18)15(19)16-9-10-20-13-7-5-4-6-8-13/h4-8,11,14H,9-10H2,1-3H3,(H,16,19)(H,17,18)/t14-/m0/s1. The molecule has 0 aliphatic rings. The molecule has 2 N–H and O–H groups in total. The van der Waals surface area contributed by atoms with Crippen LogP contribution in [0.1, 0.15) is 20.8 Å². The number of carbonyl (C=O) groups excluding carboxylic acids is 2. The van der Waals surface area contributed by atoms with Crippen LogP contribution in [0.15, 0.2) is 35.2 Å². The highest BCUT2D eigenvalue weighted by Crippen LogP contribution is 2.15. The van der Waals surface area contributed by atoms with Crippen LogP contribution in [0.4, 0.5) is 0 Å². The lowest BCUT2D eigenvalue weighted by molar-refractivity contribution is -0.129.